The number of nitrogens with two attached hydrogens (primary N) is 1. The van der Waals surface area contributed by atoms with E-state index in [1.54, 1.807) is 6.07 Å². The van der Waals surface area contributed by atoms with E-state index in [4.69, 9.17) is 5.84 Å². The van der Waals surface area contributed by atoms with Crippen molar-refractivity contribution in [1.29, 1.82) is 0 Å². The Bertz CT molecular complexity index is 588. The molecule has 1 unspecified atom stereocenters. The first-order valence-corrected chi connectivity index (χ1v) is 7.40. The van der Waals surface area contributed by atoms with Gasteiger partial charge in [0.2, 0.25) is 0 Å². The molecule has 1 atom stereocenters. The lowest BCUT2D eigenvalue weighted by atomic mass is 10.0. The molecule has 2 aromatic rings. The van der Waals surface area contributed by atoms with Crippen LogP contribution in [-0.4, -0.2) is 6.36 Å². The Kier molecular flexibility index (Phi) is 4.89. The van der Waals surface area contributed by atoms with Gasteiger partial charge in [-0.1, -0.05) is 12.1 Å². The van der Waals surface area contributed by atoms with Gasteiger partial charge in [0.25, 0.3) is 0 Å². The zero-order valence-corrected chi connectivity index (χ0v) is 12.9. The quantitative estimate of drug-likeness (QED) is 0.455. The van der Waals surface area contributed by atoms with Crippen LogP contribution in [0.5, 0.6) is 5.75 Å². The van der Waals surface area contributed by atoms with Gasteiger partial charge in [0.05, 0.1) is 8.93 Å². The first-order valence-electron chi connectivity index (χ1n) is 5.45. The zero-order chi connectivity index (χ0) is 14.8. The van der Waals surface area contributed by atoms with E-state index in [0.29, 0.717) is 5.56 Å². The first kappa shape index (κ1) is 15.5. The molecular formula is C12H10F3IN2OS. The van der Waals surface area contributed by atoms with E-state index in [9.17, 15) is 13.2 Å². The second-order valence-corrected chi connectivity index (χ2v) is 6.71. The third-order valence-corrected chi connectivity index (χ3v) is 4.32. The molecule has 0 fully saturated rings. The van der Waals surface area contributed by atoms with Gasteiger partial charge in [0, 0.05) is 0 Å². The molecule has 1 aromatic heterocycles. The van der Waals surface area contributed by atoms with Gasteiger partial charge in [-0.15, -0.1) is 24.5 Å². The Labute approximate surface area is 131 Å². The number of benzene rings is 1. The monoisotopic (exact) mass is 414 g/mol. The van der Waals surface area contributed by atoms with Gasteiger partial charge in [-0.25, -0.2) is 5.43 Å². The number of hydrazine groups is 1. The van der Waals surface area contributed by atoms with Crippen molar-refractivity contribution in [3.8, 4) is 5.75 Å². The second kappa shape index (κ2) is 6.29. The maximum Gasteiger partial charge on any atom is 0.573 e. The Hall–Kier alpha value is -0.840. The van der Waals surface area contributed by atoms with Crippen LogP contribution in [0.15, 0.2) is 35.7 Å². The molecule has 8 heteroatoms. The van der Waals surface area contributed by atoms with Crippen molar-refractivity contribution in [2.24, 2.45) is 5.84 Å². The highest BCUT2D eigenvalue weighted by Crippen LogP contribution is 2.30. The van der Waals surface area contributed by atoms with Crippen LogP contribution < -0.4 is 16.0 Å². The van der Waals surface area contributed by atoms with Crippen molar-refractivity contribution >= 4 is 33.9 Å². The predicted octanol–water partition coefficient (Wildman–Crippen LogP) is 3.80. The van der Waals surface area contributed by atoms with E-state index in [1.807, 2.05) is 11.4 Å². The Morgan fingerprint density at radius 1 is 1.25 bits per heavy atom. The molecule has 0 saturated carbocycles. The minimum atomic E-state index is -4.71. The summed E-state index contributed by atoms with van der Waals surface area (Å²) in [7, 11) is 0. The molecule has 0 aliphatic heterocycles. The summed E-state index contributed by atoms with van der Waals surface area (Å²) in [5.41, 5.74) is 4.10. The van der Waals surface area contributed by atoms with Crippen LogP contribution >= 0.6 is 33.9 Å². The number of rotatable bonds is 4. The molecule has 0 spiro atoms. The normalized spacial score (nSPS) is 13.2. The smallest absolute Gasteiger partial charge is 0.406 e. The van der Waals surface area contributed by atoms with Crippen molar-refractivity contribution in [3.05, 3.63) is 49.7 Å². The van der Waals surface area contributed by atoms with Crippen molar-refractivity contribution in [1.82, 2.24) is 5.43 Å². The fourth-order valence-electron chi connectivity index (χ4n) is 1.75. The average Bonchev–Trinajstić information content (AvgIpc) is 2.75. The minimum absolute atomic E-state index is 0.264. The van der Waals surface area contributed by atoms with E-state index in [-0.39, 0.29) is 11.8 Å². The summed E-state index contributed by atoms with van der Waals surface area (Å²) >= 11 is 3.71. The summed E-state index contributed by atoms with van der Waals surface area (Å²) in [5, 5.41) is 1.91. The lowest BCUT2D eigenvalue weighted by Crippen LogP contribution is -2.28. The van der Waals surface area contributed by atoms with Gasteiger partial charge in [-0.05, 0) is 57.3 Å². The maximum atomic E-state index is 12.2. The zero-order valence-electron chi connectivity index (χ0n) is 9.95. The van der Waals surface area contributed by atoms with Crippen molar-refractivity contribution < 1.29 is 17.9 Å². The molecule has 3 nitrogen and oxygen atoms in total. The van der Waals surface area contributed by atoms with Crippen molar-refractivity contribution in [2.75, 3.05) is 0 Å². The minimum Gasteiger partial charge on any atom is -0.406 e. The summed E-state index contributed by atoms with van der Waals surface area (Å²) in [6, 6.07) is 7.31. The fourth-order valence-corrected chi connectivity index (χ4v) is 3.15. The third-order valence-electron chi connectivity index (χ3n) is 2.51. The summed E-state index contributed by atoms with van der Waals surface area (Å²) in [6.07, 6.45) is -4.71. The van der Waals surface area contributed by atoms with Crippen LogP contribution in [0.1, 0.15) is 17.2 Å². The molecule has 0 saturated heterocycles. The highest BCUT2D eigenvalue weighted by molar-refractivity contribution is 14.1. The molecule has 1 heterocycles. The highest BCUT2D eigenvalue weighted by atomic mass is 127. The van der Waals surface area contributed by atoms with E-state index in [1.165, 1.54) is 29.5 Å². The van der Waals surface area contributed by atoms with Gasteiger partial charge in [-0.2, -0.15) is 0 Å². The van der Waals surface area contributed by atoms with Crippen LogP contribution in [0.3, 0.4) is 0 Å². The van der Waals surface area contributed by atoms with Gasteiger partial charge in [0.15, 0.2) is 0 Å². The lowest BCUT2D eigenvalue weighted by Gasteiger charge is -2.16. The summed E-state index contributed by atoms with van der Waals surface area (Å²) in [5.74, 6) is 5.25. The van der Waals surface area contributed by atoms with Gasteiger partial charge in [-0.3, -0.25) is 5.84 Å². The van der Waals surface area contributed by atoms with Gasteiger partial charge >= 0.3 is 6.36 Å². The Morgan fingerprint density at radius 3 is 2.55 bits per heavy atom. The fraction of sp³-hybridized carbons (Fsp3) is 0.167. The van der Waals surface area contributed by atoms with Gasteiger partial charge in [0.1, 0.15) is 5.75 Å². The first-order chi connectivity index (χ1) is 9.39. The molecule has 0 bridgehead atoms. The number of halogens is 4. The standard InChI is InChI=1S/C12H10F3IN2OS/c13-12(14,15)19-9-3-1-2-7(4-9)11(18-17)8-5-10(16)20-6-8/h1-6,11,18H,17H2. The largest absolute Gasteiger partial charge is 0.573 e. The molecule has 0 amide bonds. The van der Waals surface area contributed by atoms with Gasteiger partial charge < -0.3 is 4.74 Å². The lowest BCUT2D eigenvalue weighted by molar-refractivity contribution is -0.274. The number of nitrogens with one attached hydrogen (secondary N) is 1. The summed E-state index contributed by atoms with van der Waals surface area (Å²) in [6.45, 7) is 0. The third kappa shape index (κ3) is 4.08. The number of thiophene rings is 1. The number of hydrogen-bond acceptors (Lipinski definition) is 4. The number of ether oxygens (including phenoxy) is 1. The predicted molar refractivity (Wildman–Crippen MR) is 79.3 cm³/mol. The SMILES string of the molecule is NNC(c1cccc(OC(F)(F)F)c1)c1csc(I)c1. The molecular weight excluding hydrogens is 404 g/mol. The topological polar surface area (TPSA) is 47.3 Å². The van der Waals surface area contributed by atoms with Crippen LogP contribution in [0.25, 0.3) is 0 Å². The highest BCUT2D eigenvalue weighted by Gasteiger charge is 2.31. The molecule has 0 aliphatic carbocycles. The molecule has 3 N–H and O–H groups in total. The number of alkyl halides is 3. The van der Waals surface area contributed by atoms with Crippen LogP contribution in [0.4, 0.5) is 13.2 Å². The second-order valence-electron chi connectivity index (χ2n) is 3.90. The van der Waals surface area contributed by atoms with E-state index in [2.05, 4.69) is 32.8 Å². The van der Waals surface area contributed by atoms with E-state index >= 15 is 0 Å². The molecule has 1 aromatic carbocycles. The van der Waals surface area contributed by atoms with Crippen LogP contribution in [-0.2, 0) is 0 Å². The molecule has 0 aliphatic rings. The number of hydrogen-bond donors (Lipinski definition) is 2. The summed E-state index contributed by atoms with van der Waals surface area (Å²) in [4.78, 5) is 0. The van der Waals surface area contributed by atoms with Crippen LogP contribution in [0.2, 0.25) is 0 Å². The van der Waals surface area contributed by atoms with E-state index in [0.717, 1.165) is 8.45 Å². The molecule has 0 radical (unpaired) electrons. The molecule has 2 rings (SSSR count). The molecule has 20 heavy (non-hydrogen) atoms. The van der Waals surface area contributed by atoms with Crippen LogP contribution in [0, 0.1) is 2.88 Å². The molecule has 108 valence electrons. The average molecular weight is 414 g/mol. The van der Waals surface area contributed by atoms with Crippen molar-refractivity contribution in [2.45, 2.75) is 12.4 Å². The van der Waals surface area contributed by atoms with E-state index < -0.39 is 6.36 Å². The maximum absolute atomic E-state index is 12.2. The Morgan fingerprint density at radius 2 is 2.00 bits per heavy atom. The summed E-state index contributed by atoms with van der Waals surface area (Å²) < 4.78 is 41.6. The van der Waals surface area contributed by atoms with Crippen molar-refractivity contribution in [3.63, 3.8) is 0 Å². The Balaban J connectivity index is 2.29.